The molecule has 1 aliphatic carbocycles. The maximum Gasteiger partial charge on any atom is 0.249 e. The Bertz CT molecular complexity index is 774. The summed E-state index contributed by atoms with van der Waals surface area (Å²) in [5, 5.41) is 2.99. The van der Waals surface area contributed by atoms with Crippen LogP contribution in [0.25, 0.3) is 0 Å². The van der Waals surface area contributed by atoms with Gasteiger partial charge in [0.2, 0.25) is 11.8 Å². The Morgan fingerprint density at radius 1 is 1.17 bits per heavy atom. The van der Waals surface area contributed by atoms with E-state index in [9.17, 15) is 9.59 Å². The third-order valence-corrected chi connectivity index (χ3v) is 6.12. The summed E-state index contributed by atoms with van der Waals surface area (Å²) in [6.07, 6.45) is 9.77. The van der Waals surface area contributed by atoms with Crippen LogP contribution in [-0.2, 0) is 16.1 Å². The molecule has 0 spiro atoms. The molecule has 2 amide bonds. The standard InChI is InChI=1S/C24H34N2O4/c1-29-21-12-11-20(22(15-21)30-2)16-25-23(27)13-10-18-7-6-14-26(17-18)24(28)19-8-4-3-5-9-19/h8,11-12,15,18H,3-7,9-10,13-14,16-17H2,1-2H3,(H,25,27)/t18-/m1/s1. The number of likely N-dealkylation sites (tertiary alicyclic amines) is 1. The van der Waals surface area contributed by atoms with Crippen LogP contribution in [-0.4, -0.2) is 44.0 Å². The summed E-state index contributed by atoms with van der Waals surface area (Å²) in [6, 6.07) is 5.58. The van der Waals surface area contributed by atoms with Crippen LogP contribution < -0.4 is 14.8 Å². The van der Waals surface area contributed by atoms with E-state index in [1.54, 1.807) is 14.2 Å². The Kier molecular flexibility index (Phi) is 8.17. The molecule has 30 heavy (non-hydrogen) atoms. The van der Waals surface area contributed by atoms with E-state index in [-0.39, 0.29) is 11.8 Å². The maximum atomic E-state index is 12.8. The predicted octanol–water partition coefficient (Wildman–Crippen LogP) is 3.84. The van der Waals surface area contributed by atoms with Crippen molar-refractivity contribution < 1.29 is 19.1 Å². The smallest absolute Gasteiger partial charge is 0.249 e. The topological polar surface area (TPSA) is 67.9 Å². The molecule has 0 aromatic heterocycles. The van der Waals surface area contributed by atoms with Crippen LogP contribution >= 0.6 is 0 Å². The second-order valence-electron chi connectivity index (χ2n) is 8.23. The average molecular weight is 415 g/mol. The van der Waals surface area contributed by atoms with Gasteiger partial charge in [-0.3, -0.25) is 9.59 Å². The third-order valence-electron chi connectivity index (χ3n) is 6.12. The van der Waals surface area contributed by atoms with Crippen molar-refractivity contribution in [3.05, 3.63) is 35.4 Å². The van der Waals surface area contributed by atoms with Crippen LogP contribution in [0.3, 0.4) is 0 Å². The molecule has 1 N–H and O–H groups in total. The summed E-state index contributed by atoms with van der Waals surface area (Å²) in [7, 11) is 3.22. The largest absolute Gasteiger partial charge is 0.497 e. The highest BCUT2D eigenvalue weighted by Crippen LogP contribution is 2.26. The van der Waals surface area contributed by atoms with Crippen molar-refractivity contribution in [2.24, 2.45) is 5.92 Å². The third kappa shape index (κ3) is 6.00. The van der Waals surface area contributed by atoms with Crippen molar-refractivity contribution in [1.82, 2.24) is 10.2 Å². The number of carbonyl (C=O) groups is 2. The molecule has 0 radical (unpaired) electrons. The molecule has 0 bridgehead atoms. The van der Waals surface area contributed by atoms with Gasteiger partial charge in [-0.1, -0.05) is 6.08 Å². The number of carbonyl (C=O) groups excluding carboxylic acids is 2. The van der Waals surface area contributed by atoms with Gasteiger partial charge in [-0.05, 0) is 63.0 Å². The van der Waals surface area contributed by atoms with Crippen molar-refractivity contribution in [3.63, 3.8) is 0 Å². The summed E-state index contributed by atoms with van der Waals surface area (Å²) in [5.74, 6) is 2.07. The van der Waals surface area contributed by atoms with Gasteiger partial charge in [0.15, 0.2) is 0 Å². The van der Waals surface area contributed by atoms with Crippen LogP contribution in [0.2, 0.25) is 0 Å². The van der Waals surface area contributed by atoms with Gasteiger partial charge in [-0.25, -0.2) is 0 Å². The number of rotatable bonds is 8. The molecule has 0 saturated carbocycles. The van der Waals surface area contributed by atoms with E-state index in [2.05, 4.69) is 11.4 Å². The van der Waals surface area contributed by atoms with Crippen LogP contribution in [0.4, 0.5) is 0 Å². The van der Waals surface area contributed by atoms with Crippen molar-refractivity contribution in [1.29, 1.82) is 0 Å². The number of nitrogens with zero attached hydrogens (tertiary/aromatic N) is 1. The molecule has 1 aromatic carbocycles. The summed E-state index contributed by atoms with van der Waals surface area (Å²) in [6.45, 7) is 2.04. The SMILES string of the molecule is COc1ccc(CNC(=O)CC[C@H]2CCCN(C(=O)C3=CCCCC3)C2)c(OC)c1. The van der Waals surface area contributed by atoms with E-state index in [0.29, 0.717) is 24.6 Å². The van der Waals surface area contributed by atoms with E-state index >= 15 is 0 Å². The molecule has 1 aromatic rings. The molecule has 0 unspecified atom stereocenters. The minimum Gasteiger partial charge on any atom is -0.497 e. The van der Waals surface area contributed by atoms with Crippen LogP contribution in [0.5, 0.6) is 11.5 Å². The van der Waals surface area contributed by atoms with Gasteiger partial charge >= 0.3 is 0 Å². The molecular formula is C24H34N2O4. The molecule has 1 saturated heterocycles. The second kappa shape index (κ2) is 11.0. The highest BCUT2D eigenvalue weighted by Gasteiger charge is 2.26. The first-order chi connectivity index (χ1) is 14.6. The number of piperidine rings is 1. The predicted molar refractivity (Wildman–Crippen MR) is 116 cm³/mol. The van der Waals surface area contributed by atoms with Gasteiger partial charge in [0, 0.05) is 43.3 Å². The Hall–Kier alpha value is -2.50. The molecule has 6 heteroatoms. The summed E-state index contributed by atoms with van der Waals surface area (Å²) < 4.78 is 10.6. The fourth-order valence-corrected chi connectivity index (χ4v) is 4.34. The number of methoxy groups -OCH3 is 2. The first kappa shape index (κ1) is 22.2. The van der Waals surface area contributed by atoms with E-state index in [4.69, 9.17) is 9.47 Å². The van der Waals surface area contributed by atoms with Crippen LogP contribution in [0, 0.1) is 5.92 Å². The van der Waals surface area contributed by atoms with Gasteiger partial charge in [-0.15, -0.1) is 0 Å². The van der Waals surface area contributed by atoms with Crippen molar-refractivity contribution in [2.45, 2.75) is 57.9 Å². The Labute approximate surface area is 179 Å². The molecule has 1 fully saturated rings. The highest BCUT2D eigenvalue weighted by molar-refractivity contribution is 5.93. The minimum atomic E-state index is 0.0336. The number of allylic oxidation sites excluding steroid dienone is 1. The van der Waals surface area contributed by atoms with E-state index in [0.717, 1.165) is 68.5 Å². The van der Waals surface area contributed by atoms with Gasteiger partial charge < -0.3 is 19.7 Å². The van der Waals surface area contributed by atoms with Gasteiger partial charge in [0.25, 0.3) is 0 Å². The van der Waals surface area contributed by atoms with Crippen LogP contribution in [0.15, 0.2) is 29.8 Å². The van der Waals surface area contributed by atoms with Gasteiger partial charge in [-0.2, -0.15) is 0 Å². The average Bonchev–Trinajstić information content (AvgIpc) is 2.81. The zero-order chi connectivity index (χ0) is 21.3. The molecule has 1 aliphatic heterocycles. The maximum absolute atomic E-state index is 12.8. The fourth-order valence-electron chi connectivity index (χ4n) is 4.34. The lowest BCUT2D eigenvalue weighted by atomic mass is 9.91. The second-order valence-corrected chi connectivity index (χ2v) is 8.23. The first-order valence-electron chi connectivity index (χ1n) is 11.1. The van der Waals surface area contributed by atoms with Crippen molar-refractivity contribution in [3.8, 4) is 11.5 Å². The number of ether oxygens (including phenoxy) is 2. The monoisotopic (exact) mass is 414 g/mol. The number of amides is 2. The molecule has 164 valence electrons. The lowest BCUT2D eigenvalue weighted by molar-refractivity contribution is -0.129. The first-order valence-corrected chi connectivity index (χ1v) is 11.1. The molecular weight excluding hydrogens is 380 g/mol. The summed E-state index contributed by atoms with van der Waals surface area (Å²) in [4.78, 5) is 27.1. The number of hydrogen-bond acceptors (Lipinski definition) is 4. The highest BCUT2D eigenvalue weighted by atomic mass is 16.5. The minimum absolute atomic E-state index is 0.0336. The van der Waals surface area contributed by atoms with Crippen molar-refractivity contribution in [2.75, 3.05) is 27.3 Å². The zero-order valence-corrected chi connectivity index (χ0v) is 18.2. The summed E-state index contributed by atoms with van der Waals surface area (Å²) >= 11 is 0. The van der Waals surface area contributed by atoms with Gasteiger partial charge in [0.1, 0.15) is 11.5 Å². The van der Waals surface area contributed by atoms with Crippen molar-refractivity contribution >= 4 is 11.8 Å². The fraction of sp³-hybridized carbons (Fsp3) is 0.583. The normalized spacial score (nSPS) is 19.1. The molecule has 2 aliphatic rings. The Morgan fingerprint density at radius 3 is 2.77 bits per heavy atom. The van der Waals surface area contributed by atoms with E-state index in [1.165, 1.54) is 6.42 Å². The lowest BCUT2D eigenvalue weighted by Gasteiger charge is -2.34. The van der Waals surface area contributed by atoms with Crippen LogP contribution in [0.1, 0.15) is 56.9 Å². The zero-order valence-electron chi connectivity index (χ0n) is 18.2. The quantitative estimate of drug-likeness (QED) is 0.702. The number of hydrogen-bond donors (Lipinski definition) is 1. The molecule has 6 nitrogen and oxygen atoms in total. The van der Waals surface area contributed by atoms with E-state index < -0.39 is 0 Å². The number of benzene rings is 1. The van der Waals surface area contributed by atoms with Gasteiger partial charge in [0.05, 0.1) is 14.2 Å². The lowest BCUT2D eigenvalue weighted by Crippen LogP contribution is -2.41. The van der Waals surface area contributed by atoms with E-state index in [1.807, 2.05) is 23.1 Å². The Morgan fingerprint density at radius 2 is 2.03 bits per heavy atom. The Balaban J connectivity index is 1.44. The summed E-state index contributed by atoms with van der Waals surface area (Å²) in [5.41, 5.74) is 1.91. The molecule has 3 rings (SSSR count). The molecule has 1 heterocycles. The molecule has 1 atom stereocenters. The number of nitrogens with one attached hydrogen (secondary N) is 1.